The van der Waals surface area contributed by atoms with Crippen LogP contribution in [0.3, 0.4) is 0 Å². The number of nitrogens with one attached hydrogen (secondary N) is 1. The number of hydrogen-bond donors (Lipinski definition) is 1. The summed E-state index contributed by atoms with van der Waals surface area (Å²) in [7, 11) is 1.47. The van der Waals surface area contributed by atoms with Gasteiger partial charge in [0.2, 0.25) is 0 Å². The lowest BCUT2D eigenvalue weighted by Crippen LogP contribution is -2.27. The van der Waals surface area contributed by atoms with Crippen molar-refractivity contribution in [3.05, 3.63) is 92.3 Å². The van der Waals surface area contributed by atoms with Gasteiger partial charge in [-0.15, -0.1) is 0 Å². The molecule has 1 fully saturated rings. The summed E-state index contributed by atoms with van der Waals surface area (Å²) in [6.45, 7) is 1.73. The number of aryl methyl sites for hydroxylation is 1. The van der Waals surface area contributed by atoms with Crippen LogP contribution in [0.5, 0.6) is 11.5 Å². The molecule has 3 aromatic carbocycles. The van der Waals surface area contributed by atoms with Crippen molar-refractivity contribution in [2.45, 2.75) is 13.5 Å². The zero-order chi connectivity index (χ0) is 27.2. The molecule has 0 radical (unpaired) electrons. The van der Waals surface area contributed by atoms with Gasteiger partial charge in [-0.25, -0.2) is 0 Å². The normalized spacial score (nSPS) is 13.9. The molecule has 0 aromatic heterocycles. The first-order valence-corrected chi connectivity index (χ1v) is 13.0. The van der Waals surface area contributed by atoms with Crippen LogP contribution in [-0.4, -0.2) is 35.7 Å². The molecule has 1 aliphatic rings. The van der Waals surface area contributed by atoms with Gasteiger partial charge in [0.1, 0.15) is 0 Å². The first kappa shape index (κ1) is 27.0. The van der Waals surface area contributed by atoms with Crippen molar-refractivity contribution in [1.29, 1.82) is 5.26 Å². The number of amides is 3. The molecule has 0 atom stereocenters. The highest BCUT2D eigenvalue weighted by Gasteiger charge is 2.35. The summed E-state index contributed by atoms with van der Waals surface area (Å²) in [5.41, 5.74) is 3.34. The van der Waals surface area contributed by atoms with Gasteiger partial charge < -0.3 is 14.8 Å². The average molecular weight is 592 g/mol. The van der Waals surface area contributed by atoms with Gasteiger partial charge in [-0.05, 0) is 66.2 Å². The van der Waals surface area contributed by atoms with E-state index in [0.29, 0.717) is 38.3 Å². The van der Waals surface area contributed by atoms with Crippen molar-refractivity contribution in [3.8, 4) is 17.6 Å². The Labute approximate surface area is 232 Å². The van der Waals surface area contributed by atoms with E-state index in [2.05, 4.69) is 27.3 Å². The van der Waals surface area contributed by atoms with Crippen LogP contribution in [0.15, 0.2) is 70.0 Å². The number of benzene rings is 3. The zero-order valence-electron chi connectivity index (χ0n) is 20.5. The van der Waals surface area contributed by atoms with Crippen LogP contribution in [-0.2, 0) is 16.1 Å². The fourth-order valence-electron chi connectivity index (χ4n) is 3.63. The molecule has 1 N–H and O–H groups in total. The van der Waals surface area contributed by atoms with Crippen LogP contribution in [0, 0.1) is 18.3 Å². The van der Waals surface area contributed by atoms with Crippen molar-refractivity contribution in [2.24, 2.45) is 0 Å². The largest absolute Gasteiger partial charge is 0.493 e. The maximum absolute atomic E-state index is 13.0. The SMILES string of the molecule is COc1cc(/C=C2/SC(=O)N(Cc3ccccc3C#N)C2=O)c(Br)cc1OCC(=O)Nc1ccc(C)cc1. The molecular weight excluding hydrogens is 570 g/mol. The van der Waals surface area contributed by atoms with Crippen molar-refractivity contribution in [3.63, 3.8) is 0 Å². The van der Waals surface area contributed by atoms with Crippen molar-refractivity contribution in [2.75, 3.05) is 19.0 Å². The van der Waals surface area contributed by atoms with Crippen LogP contribution in [0.1, 0.15) is 22.3 Å². The molecule has 192 valence electrons. The number of ether oxygens (including phenoxy) is 2. The van der Waals surface area contributed by atoms with E-state index in [1.165, 1.54) is 7.11 Å². The summed E-state index contributed by atoms with van der Waals surface area (Å²) in [4.78, 5) is 39.3. The number of nitrogens with zero attached hydrogens (tertiary/aromatic N) is 2. The number of thioether (sulfide) groups is 1. The second-order valence-electron chi connectivity index (χ2n) is 8.26. The Balaban J connectivity index is 1.48. The number of carbonyl (C=O) groups is 3. The maximum atomic E-state index is 13.0. The lowest BCUT2D eigenvalue weighted by molar-refractivity contribution is -0.123. The summed E-state index contributed by atoms with van der Waals surface area (Å²) in [5, 5.41) is 11.7. The Kier molecular flexibility index (Phi) is 8.51. The lowest BCUT2D eigenvalue weighted by atomic mass is 10.1. The van der Waals surface area contributed by atoms with Crippen LogP contribution >= 0.6 is 27.7 Å². The average Bonchev–Trinajstić information content (AvgIpc) is 3.17. The van der Waals surface area contributed by atoms with Gasteiger partial charge in [0.25, 0.3) is 17.1 Å². The van der Waals surface area contributed by atoms with E-state index in [9.17, 15) is 19.6 Å². The number of hydrogen-bond acceptors (Lipinski definition) is 7. The molecule has 3 amide bonds. The number of anilines is 1. The molecule has 3 aromatic rings. The third-order valence-electron chi connectivity index (χ3n) is 5.60. The molecule has 8 nitrogen and oxygen atoms in total. The van der Waals surface area contributed by atoms with Crippen molar-refractivity contribution < 1.29 is 23.9 Å². The highest BCUT2D eigenvalue weighted by Crippen LogP contribution is 2.38. The highest BCUT2D eigenvalue weighted by molar-refractivity contribution is 9.10. The second-order valence-corrected chi connectivity index (χ2v) is 10.1. The standard InChI is InChI=1S/C28H22BrN3O5S/c1-17-7-9-21(10-8-17)31-26(33)16-37-24-13-22(29)20(11-23(24)36-2)12-25-27(34)32(28(35)38-25)15-19-6-4-3-5-18(19)14-30/h3-13H,15-16H2,1-2H3,(H,31,33)/b25-12+. The first-order valence-electron chi connectivity index (χ1n) is 11.4. The molecule has 0 unspecified atom stereocenters. The van der Waals surface area contributed by atoms with E-state index in [0.717, 1.165) is 22.2 Å². The smallest absolute Gasteiger partial charge is 0.293 e. The summed E-state index contributed by atoms with van der Waals surface area (Å²) in [6.07, 6.45) is 1.58. The summed E-state index contributed by atoms with van der Waals surface area (Å²) >= 11 is 4.29. The molecule has 0 saturated carbocycles. The molecule has 0 spiro atoms. The van der Waals surface area contributed by atoms with E-state index < -0.39 is 11.1 Å². The van der Waals surface area contributed by atoms with E-state index in [1.54, 1.807) is 42.5 Å². The Hall–Kier alpha value is -4.07. The fourth-order valence-corrected chi connectivity index (χ4v) is 4.89. The van der Waals surface area contributed by atoms with Gasteiger partial charge in [-0.3, -0.25) is 19.3 Å². The number of methoxy groups -OCH3 is 1. The number of nitriles is 1. The number of rotatable bonds is 8. The molecule has 1 saturated heterocycles. The fraction of sp³-hybridized carbons (Fsp3) is 0.143. The summed E-state index contributed by atoms with van der Waals surface area (Å²) in [5.74, 6) is -0.101. The molecule has 38 heavy (non-hydrogen) atoms. The third-order valence-corrected chi connectivity index (χ3v) is 7.20. The number of imide groups is 1. The van der Waals surface area contributed by atoms with Gasteiger partial charge in [0.05, 0.1) is 30.2 Å². The quantitative estimate of drug-likeness (QED) is 0.325. The van der Waals surface area contributed by atoms with E-state index in [4.69, 9.17) is 9.47 Å². The Morgan fingerprint density at radius 2 is 1.87 bits per heavy atom. The first-order chi connectivity index (χ1) is 18.3. The summed E-state index contributed by atoms with van der Waals surface area (Å²) in [6, 6.07) is 19.6. The monoisotopic (exact) mass is 591 g/mol. The minimum Gasteiger partial charge on any atom is -0.493 e. The van der Waals surface area contributed by atoms with E-state index in [-0.39, 0.29) is 24.0 Å². The molecule has 10 heteroatoms. The zero-order valence-corrected chi connectivity index (χ0v) is 22.9. The Morgan fingerprint density at radius 1 is 1.13 bits per heavy atom. The Bertz CT molecular complexity index is 1480. The van der Waals surface area contributed by atoms with Crippen molar-refractivity contribution >= 4 is 56.5 Å². The molecule has 1 aliphatic heterocycles. The predicted octanol–water partition coefficient (Wildman–Crippen LogP) is 5.89. The lowest BCUT2D eigenvalue weighted by Gasteiger charge is -2.14. The second kappa shape index (κ2) is 12.0. The summed E-state index contributed by atoms with van der Waals surface area (Å²) < 4.78 is 11.7. The van der Waals surface area contributed by atoms with Crippen LogP contribution in [0.25, 0.3) is 6.08 Å². The van der Waals surface area contributed by atoms with Gasteiger partial charge in [-0.1, -0.05) is 51.8 Å². The van der Waals surface area contributed by atoms with Gasteiger partial charge >= 0.3 is 0 Å². The minimum absolute atomic E-state index is 0.00760. The van der Waals surface area contributed by atoms with Crippen LogP contribution in [0.4, 0.5) is 10.5 Å². The highest BCUT2D eigenvalue weighted by atomic mass is 79.9. The van der Waals surface area contributed by atoms with E-state index in [1.807, 2.05) is 31.2 Å². The van der Waals surface area contributed by atoms with Gasteiger partial charge in [-0.2, -0.15) is 5.26 Å². The predicted molar refractivity (Wildman–Crippen MR) is 149 cm³/mol. The van der Waals surface area contributed by atoms with Crippen LogP contribution in [0.2, 0.25) is 0 Å². The van der Waals surface area contributed by atoms with Gasteiger partial charge in [0, 0.05) is 10.2 Å². The number of carbonyl (C=O) groups excluding carboxylic acids is 3. The van der Waals surface area contributed by atoms with E-state index >= 15 is 0 Å². The number of halogens is 1. The van der Waals surface area contributed by atoms with Gasteiger partial charge in [0.15, 0.2) is 18.1 Å². The third kappa shape index (κ3) is 6.25. The molecule has 1 heterocycles. The minimum atomic E-state index is -0.452. The Morgan fingerprint density at radius 3 is 2.58 bits per heavy atom. The van der Waals surface area contributed by atoms with Crippen molar-refractivity contribution in [1.82, 2.24) is 4.90 Å². The molecular formula is C28H22BrN3O5S. The molecule has 0 bridgehead atoms. The topological polar surface area (TPSA) is 109 Å². The maximum Gasteiger partial charge on any atom is 0.293 e. The molecule has 4 rings (SSSR count). The van der Waals surface area contributed by atoms with Crippen LogP contribution < -0.4 is 14.8 Å². The molecule has 0 aliphatic carbocycles.